The number of hydrogen-bond acceptors (Lipinski definition) is 4. The summed E-state index contributed by atoms with van der Waals surface area (Å²) >= 11 is 4.70. The first-order valence-corrected chi connectivity index (χ1v) is 8.94. The molecule has 0 spiro atoms. The Kier molecular flexibility index (Phi) is 4.31. The number of nitrogens with zero attached hydrogens (tertiary/aromatic N) is 2. The Morgan fingerprint density at radius 2 is 2.00 bits per heavy atom. The van der Waals surface area contributed by atoms with Crippen LogP contribution in [0.1, 0.15) is 26.6 Å². The first-order valence-electron chi connectivity index (χ1n) is 7.34. The van der Waals surface area contributed by atoms with Crippen molar-refractivity contribution in [3.8, 4) is 0 Å². The maximum atomic E-state index is 12.7. The second kappa shape index (κ2) is 6.14. The van der Waals surface area contributed by atoms with Crippen molar-refractivity contribution in [2.45, 2.75) is 20.8 Å². The monoisotopic (exact) mass is 405 g/mol. The summed E-state index contributed by atoms with van der Waals surface area (Å²) in [5.41, 5.74) is 2.34. The smallest absolute Gasteiger partial charge is 0.266 e. The van der Waals surface area contributed by atoms with E-state index in [2.05, 4.69) is 26.2 Å². The van der Waals surface area contributed by atoms with Gasteiger partial charge in [-0.25, -0.2) is 4.98 Å². The van der Waals surface area contributed by atoms with Gasteiger partial charge in [0.2, 0.25) is 0 Å². The van der Waals surface area contributed by atoms with Crippen LogP contribution in [0.25, 0.3) is 10.2 Å². The van der Waals surface area contributed by atoms with Gasteiger partial charge in [-0.3, -0.25) is 14.2 Å². The fourth-order valence-electron chi connectivity index (χ4n) is 2.48. The lowest BCUT2D eigenvalue weighted by Gasteiger charge is -2.07. The van der Waals surface area contributed by atoms with Gasteiger partial charge in [0.25, 0.3) is 11.5 Å². The Balaban J connectivity index is 2.06. The first kappa shape index (κ1) is 16.9. The number of rotatable bonds is 2. The molecule has 5 nitrogen and oxygen atoms in total. The molecule has 124 valence electrons. The van der Waals surface area contributed by atoms with Gasteiger partial charge in [0.1, 0.15) is 10.7 Å². The van der Waals surface area contributed by atoms with Gasteiger partial charge in [0, 0.05) is 11.5 Å². The zero-order valence-corrected chi connectivity index (χ0v) is 16.1. The van der Waals surface area contributed by atoms with E-state index in [1.807, 2.05) is 25.1 Å². The van der Waals surface area contributed by atoms with E-state index in [-0.39, 0.29) is 11.5 Å². The number of fused-ring (bicyclic) bond motifs is 1. The fraction of sp³-hybridized carbons (Fsp3) is 0.235. The Hall–Kier alpha value is -1.99. The molecule has 3 aromatic rings. The minimum Gasteiger partial charge on any atom is -0.320 e. The molecule has 0 aliphatic carbocycles. The molecule has 1 N–H and O–H groups in total. The lowest BCUT2D eigenvalue weighted by Crippen LogP contribution is -2.20. The number of aryl methyl sites for hydroxylation is 3. The largest absolute Gasteiger partial charge is 0.320 e. The summed E-state index contributed by atoms with van der Waals surface area (Å²) in [6, 6.07) is 5.72. The van der Waals surface area contributed by atoms with Crippen LogP contribution in [0.5, 0.6) is 0 Å². The van der Waals surface area contributed by atoms with Crippen LogP contribution in [0, 0.1) is 20.8 Å². The molecule has 0 radical (unpaired) electrons. The maximum Gasteiger partial charge on any atom is 0.266 e. The summed E-state index contributed by atoms with van der Waals surface area (Å²) in [4.78, 5) is 30.6. The molecule has 0 aliphatic rings. The molecule has 2 aromatic heterocycles. The van der Waals surface area contributed by atoms with E-state index in [1.165, 1.54) is 15.9 Å². The molecule has 0 fully saturated rings. The van der Waals surface area contributed by atoms with Gasteiger partial charge in [0.15, 0.2) is 0 Å². The molecule has 24 heavy (non-hydrogen) atoms. The second-order valence-corrected chi connectivity index (χ2v) is 7.55. The Morgan fingerprint density at radius 1 is 1.29 bits per heavy atom. The van der Waals surface area contributed by atoms with Crippen molar-refractivity contribution in [1.29, 1.82) is 0 Å². The minimum atomic E-state index is -0.236. The van der Waals surface area contributed by atoms with Crippen LogP contribution in [-0.4, -0.2) is 15.5 Å². The summed E-state index contributed by atoms with van der Waals surface area (Å²) in [7, 11) is 1.68. The number of aromatic nitrogens is 2. The highest BCUT2D eigenvalue weighted by molar-refractivity contribution is 9.10. The average molecular weight is 406 g/mol. The van der Waals surface area contributed by atoms with Crippen molar-refractivity contribution in [1.82, 2.24) is 9.55 Å². The molecular formula is C17H16BrN3O2S. The number of carbonyl (C=O) groups excluding carboxylic acids is 1. The van der Waals surface area contributed by atoms with Gasteiger partial charge in [0.05, 0.1) is 16.0 Å². The van der Waals surface area contributed by atoms with E-state index in [9.17, 15) is 9.59 Å². The third-order valence-electron chi connectivity index (χ3n) is 3.97. The second-order valence-electron chi connectivity index (χ2n) is 5.70. The third kappa shape index (κ3) is 2.78. The van der Waals surface area contributed by atoms with Crippen LogP contribution in [0.4, 0.5) is 5.69 Å². The predicted octanol–water partition coefficient (Wildman–Crippen LogP) is 3.94. The Morgan fingerprint density at radius 3 is 2.67 bits per heavy atom. The highest BCUT2D eigenvalue weighted by Crippen LogP contribution is 2.29. The first-order chi connectivity index (χ1) is 11.3. The van der Waals surface area contributed by atoms with Crippen LogP contribution in [0.15, 0.2) is 27.5 Å². The Bertz CT molecular complexity index is 1040. The Labute approximate surface area is 151 Å². The molecule has 0 aliphatic heterocycles. The standard InChI is InChI=1S/C17H16BrN3O2S/c1-8-5-6-12(11(18)7-8)20-15(22)14-9(2)13-16(24-14)19-10(3)21(4)17(13)23/h5-7H,1-4H3,(H,20,22). The molecule has 2 heterocycles. The van der Waals surface area contributed by atoms with Crippen LogP contribution in [-0.2, 0) is 7.05 Å². The van der Waals surface area contributed by atoms with Crippen LogP contribution in [0.3, 0.4) is 0 Å². The van der Waals surface area contributed by atoms with Crippen molar-refractivity contribution in [3.05, 3.63) is 54.9 Å². The highest BCUT2D eigenvalue weighted by atomic mass is 79.9. The van der Waals surface area contributed by atoms with Gasteiger partial charge >= 0.3 is 0 Å². The fourth-order valence-corrected chi connectivity index (χ4v) is 4.19. The van der Waals surface area contributed by atoms with Crippen molar-refractivity contribution in [3.63, 3.8) is 0 Å². The van der Waals surface area contributed by atoms with E-state index in [1.54, 1.807) is 20.9 Å². The summed E-state index contributed by atoms with van der Waals surface area (Å²) in [5, 5.41) is 3.41. The van der Waals surface area contributed by atoms with Crippen molar-refractivity contribution < 1.29 is 4.79 Å². The molecule has 3 rings (SSSR count). The molecular weight excluding hydrogens is 390 g/mol. The molecule has 0 bridgehead atoms. The van der Waals surface area contributed by atoms with Crippen molar-refractivity contribution in [2.24, 2.45) is 7.05 Å². The highest BCUT2D eigenvalue weighted by Gasteiger charge is 2.20. The number of anilines is 1. The number of benzene rings is 1. The summed E-state index contributed by atoms with van der Waals surface area (Å²) in [5.74, 6) is 0.391. The van der Waals surface area contributed by atoms with E-state index < -0.39 is 0 Å². The zero-order valence-electron chi connectivity index (χ0n) is 13.7. The number of hydrogen-bond donors (Lipinski definition) is 1. The SMILES string of the molecule is Cc1ccc(NC(=O)c2sc3nc(C)n(C)c(=O)c3c2C)c(Br)c1. The van der Waals surface area contributed by atoms with E-state index in [0.717, 1.165) is 10.0 Å². The van der Waals surface area contributed by atoms with Crippen molar-refractivity contribution >= 4 is 49.1 Å². The zero-order chi connectivity index (χ0) is 17.6. The van der Waals surface area contributed by atoms with Gasteiger partial charge in [-0.05, 0) is 60.0 Å². The van der Waals surface area contributed by atoms with Crippen LogP contribution >= 0.6 is 27.3 Å². The summed E-state index contributed by atoms with van der Waals surface area (Å²) in [6.45, 7) is 5.55. The molecule has 0 unspecified atom stereocenters. The molecule has 0 saturated carbocycles. The van der Waals surface area contributed by atoms with Crippen molar-refractivity contribution in [2.75, 3.05) is 5.32 Å². The molecule has 0 atom stereocenters. The van der Waals surface area contributed by atoms with Crippen LogP contribution < -0.4 is 10.9 Å². The predicted molar refractivity (Wildman–Crippen MR) is 101 cm³/mol. The van der Waals surface area contributed by atoms with Crippen LogP contribution in [0.2, 0.25) is 0 Å². The van der Waals surface area contributed by atoms with Gasteiger partial charge in [-0.15, -0.1) is 11.3 Å². The molecule has 7 heteroatoms. The quantitative estimate of drug-likeness (QED) is 0.702. The maximum absolute atomic E-state index is 12.7. The summed E-state index contributed by atoms with van der Waals surface area (Å²) < 4.78 is 2.32. The average Bonchev–Trinajstić information content (AvgIpc) is 2.84. The molecule has 1 aromatic carbocycles. The number of carbonyl (C=O) groups is 1. The van der Waals surface area contributed by atoms with E-state index in [4.69, 9.17) is 0 Å². The lowest BCUT2D eigenvalue weighted by atomic mass is 10.2. The number of halogens is 1. The number of amides is 1. The third-order valence-corrected chi connectivity index (χ3v) is 5.82. The molecule has 0 saturated heterocycles. The lowest BCUT2D eigenvalue weighted by molar-refractivity contribution is 0.103. The van der Waals surface area contributed by atoms with E-state index >= 15 is 0 Å². The topological polar surface area (TPSA) is 64.0 Å². The van der Waals surface area contributed by atoms with Gasteiger partial charge < -0.3 is 5.32 Å². The minimum absolute atomic E-state index is 0.123. The number of nitrogens with one attached hydrogen (secondary N) is 1. The van der Waals surface area contributed by atoms with Gasteiger partial charge in [-0.1, -0.05) is 6.07 Å². The normalized spacial score (nSPS) is 11.0. The molecule has 1 amide bonds. The summed E-state index contributed by atoms with van der Waals surface area (Å²) in [6.07, 6.45) is 0. The number of thiophene rings is 1. The van der Waals surface area contributed by atoms with Gasteiger partial charge in [-0.2, -0.15) is 0 Å². The van der Waals surface area contributed by atoms with E-state index in [0.29, 0.717) is 32.2 Å².